The van der Waals surface area contributed by atoms with Gasteiger partial charge in [-0.3, -0.25) is 25.1 Å². The number of benzene rings is 1. The van der Waals surface area contributed by atoms with Gasteiger partial charge in [0.05, 0.1) is 5.69 Å². The number of carbonyl (C=O) groups excluding carboxylic acids is 2. The Kier molecular flexibility index (Phi) is 7.20. The van der Waals surface area contributed by atoms with Gasteiger partial charge in [0, 0.05) is 19.2 Å². The summed E-state index contributed by atoms with van der Waals surface area (Å²) in [7, 11) is 1.88. The van der Waals surface area contributed by atoms with Crippen molar-refractivity contribution in [2.45, 2.75) is 53.4 Å². The Morgan fingerprint density at radius 2 is 1.82 bits per heavy atom. The van der Waals surface area contributed by atoms with E-state index in [0.29, 0.717) is 12.2 Å². The third-order valence-electron chi connectivity index (χ3n) is 4.75. The van der Waals surface area contributed by atoms with E-state index < -0.39 is 5.91 Å². The molecule has 2 rings (SSSR count). The number of carbonyl (C=O) groups is 2. The van der Waals surface area contributed by atoms with Gasteiger partial charge in [0.15, 0.2) is 6.61 Å². The average molecular weight is 386 g/mol. The molecule has 0 fully saturated rings. The minimum absolute atomic E-state index is 0.162. The van der Waals surface area contributed by atoms with Gasteiger partial charge >= 0.3 is 0 Å². The highest BCUT2D eigenvalue weighted by Crippen LogP contribution is 2.27. The van der Waals surface area contributed by atoms with Crippen LogP contribution in [0.1, 0.15) is 54.3 Å². The van der Waals surface area contributed by atoms with Gasteiger partial charge in [-0.05, 0) is 55.9 Å². The second kappa shape index (κ2) is 9.39. The number of nitrogens with zero attached hydrogens (tertiary/aromatic N) is 2. The molecule has 1 aromatic carbocycles. The molecule has 7 heteroatoms. The topological polar surface area (TPSA) is 85.2 Å². The summed E-state index contributed by atoms with van der Waals surface area (Å²) in [6.45, 7) is 9.86. The maximum atomic E-state index is 12.0. The zero-order valence-electron chi connectivity index (χ0n) is 17.5. The minimum Gasteiger partial charge on any atom is -0.483 e. The summed E-state index contributed by atoms with van der Waals surface area (Å²) in [6, 6.07) is 5.95. The van der Waals surface area contributed by atoms with Gasteiger partial charge in [0.2, 0.25) is 5.91 Å². The second-order valence-electron chi connectivity index (χ2n) is 7.35. The lowest BCUT2D eigenvalue weighted by atomic mass is 10.0. The molecule has 0 aliphatic carbocycles. The largest absolute Gasteiger partial charge is 0.483 e. The zero-order valence-corrected chi connectivity index (χ0v) is 17.5. The number of hydrogen-bond donors (Lipinski definition) is 2. The van der Waals surface area contributed by atoms with E-state index in [4.69, 9.17) is 4.74 Å². The van der Waals surface area contributed by atoms with Gasteiger partial charge in [0.1, 0.15) is 5.75 Å². The van der Waals surface area contributed by atoms with Crippen molar-refractivity contribution < 1.29 is 14.3 Å². The fourth-order valence-electron chi connectivity index (χ4n) is 3.04. The van der Waals surface area contributed by atoms with Crippen molar-refractivity contribution in [3.63, 3.8) is 0 Å². The Balaban J connectivity index is 1.79. The van der Waals surface area contributed by atoms with E-state index in [-0.39, 0.29) is 24.9 Å². The molecule has 28 heavy (non-hydrogen) atoms. The number of nitrogens with one attached hydrogen (secondary N) is 2. The van der Waals surface area contributed by atoms with E-state index >= 15 is 0 Å². The molecule has 152 valence electrons. The van der Waals surface area contributed by atoms with Crippen molar-refractivity contribution in [1.82, 2.24) is 20.6 Å². The fourth-order valence-corrected chi connectivity index (χ4v) is 3.04. The third kappa shape index (κ3) is 5.58. The van der Waals surface area contributed by atoms with Crippen molar-refractivity contribution >= 4 is 11.8 Å². The van der Waals surface area contributed by atoms with Gasteiger partial charge in [-0.1, -0.05) is 26.0 Å². The van der Waals surface area contributed by atoms with Crippen LogP contribution in [0, 0.1) is 20.8 Å². The molecule has 0 aliphatic heterocycles. The van der Waals surface area contributed by atoms with Crippen LogP contribution in [0.25, 0.3) is 0 Å². The summed E-state index contributed by atoms with van der Waals surface area (Å²) in [5.74, 6) is 0.324. The van der Waals surface area contributed by atoms with E-state index in [1.165, 1.54) is 0 Å². The highest BCUT2D eigenvalue weighted by atomic mass is 16.5. The first-order valence-corrected chi connectivity index (χ1v) is 9.49. The van der Waals surface area contributed by atoms with Crippen molar-refractivity contribution in [1.29, 1.82) is 0 Å². The van der Waals surface area contributed by atoms with Crippen LogP contribution in [0.5, 0.6) is 5.75 Å². The molecule has 1 heterocycles. The number of aromatic nitrogens is 2. The molecule has 0 unspecified atom stereocenters. The Labute approximate surface area is 166 Å². The maximum Gasteiger partial charge on any atom is 0.276 e. The second-order valence-corrected chi connectivity index (χ2v) is 7.35. The van der Waals surface area contributed by atoms with E-state index in [1.807, 2.05) is 46.0 Å². The molecule has 2 N–H and O–H groups in total. The Bertz CT molecular complexity index is 856. The van der Waals surface area contributed by atoms with Crippen molar-refractivity contribution in [2.24, 2.45) is 7.05 Å². The van der Waals surface area contributed by atoms with Crippen molar-refractivity contribution in [2.75, 3.05) is 6.61 Å². The molecule has 0 saturated carbocycles. The number of rotatable bonds is 7. The molecule has 2 aromatic rings. The van der Waals surface area contributed by atoms with Crippen LogP contribution in [-0.4, -0.2) is 28.2 Å². The fraction of sp³-hybridized carbons (Fsp3) is 0.476. The Morgan fingerprint density at radius 3 is 2.43 bits per heavy atom. The van der Waals surface area contributed by atoms with Crippen LogP contribution in [-0.2, 0) is 23.1 Å². The molecule has 2 amide bonds. The molecule has 0 saturated heterocycles. The van der Waals surface area contributed by atoms with Crippen LogP contribution in [0.2, 0.25) is 0 Å². The maximum absolute atomic E-state index is 12.0. The van der Waals surface area contributed by atoms with Crippen molar-refractivity contribution in [3.05, 3.63) is 46.3 Å². The summed E-state index contributed by atoms with van der Waals surface area (Å²) >= 11 is 0. The van der Waals surface area contributed by atoms with Crippen LogP contribution >= 0.6 is 0 Å². The van der Waals surface area contributed by atoms with Crippen LogP contribution < -0.4 is 15.6 Å². The standard InChI is InChI=1S/C21H30N4O3/c1-13(2)17-8-7-14(3)11-19(17)28-12-21(27)23-22-20(26)10-9-18-15(4)24-25(6)16(18)5/h7-8,11,13H,9-10,12H2,1-6H3,(H,22,26)(H,23,27). The minimum atomic E-state index is -0.404. The Hall–Kier alpha value is -2.83. The number of hydrazine groups is 1. The van der Waals surface area contributed by atoms with Crippen LogP contribution in [0.15, 0.2) is 18.2 Å². The van der Waals surface area contributed by atoms with E-state index in [9.17, 15) is 9.59 Å². The van der Waals surface area contributed by atoms with Gasteiger partial charge in [0.25, 0.3) is 5.91 Å². The van der Waals surface area contributed by atoms with Crippen LogP contribution in [0.4, 0.5) is 0 Å². The zero-order chi connectivity index (χ0) is 20.8. The molecule has 0 atom stereocenters. The first-order valence-electron chi connectivity index (χ1n) is 9.49. The number of amides is 2. The van der Waals surface area contributed by atoms with Gasteiger partial charge in [-0.2, -0.15) is 5.10 Å². The van der Waals surface area contributed by atoms with Gasteiger partial charge in [-0.25, -0.2) is 0 Å². The number of hydrogen-bond acceptors (Lipinski definition) is 4. The predicted molar refractivity (Wildman–Crippen MR) is 108 cm³/mol. The summed E-state index contributed by atoms with van der Waals surface area (Å²) in [4.78, 5) is 24.0. The summed E-state index contributed by atoms with van der Waals surface area (Å²) in [6.07, 6.45) is 0.842. The van der Waals surface area contributed by atoms with Crippen molar-refractivity contribution in [3.8, 4) is 5.75 Å². The molecule has 0 bridgehead atoms. The van der Waals surface area contributed by atoms with Gasteiger partial charge < -0.3 is 4.74 Å². The number of aryl methyl sites for hydroxylation is 3. The molecule has 0 aliphatic rings. The molecule has 7 nitrogen and oxygen atoms in total. The smallest absolute Gasteiger partial charge is 0.276 e. The quantitative estimate of drug-likeness (QED) is 0.717. The summed E-state index contributed by atoms with van der Waals surface area (Å²) in [5, 5.41) is 4.34. The molecule has 0 radical (unpaired) electrons. The highest BCUT2D eigenvalue weighted by Gasteiger charge is 2.13. The number of ether oxygens (including phenoxy) is 1. The molecule has 0 spiro atoms. The molecule has 1 aromatic heterocycles. The van der Waals surface area contributed by atoms with Gasteiger partial charge in [-0.15, -0.1) is 0 Å². The molecular weight excluding hydrogens is 356 g/mol. The van der Waals surface area contributed by atoms with E-state index in [1.54, 1.807) is 4.68 Å². The predicted octanol–water partition coefficient (Wildman–Crippen LogP) is 2.63. The summed E-state index contributed by atoms with van der Waals surface area (Å²) < 4.78 is 7.47. The lowest BCUT2D eigenvalue weighted by molar-refractivity contribution is -0.130. The molecular formula is C21H30N4O3. The third-order valence-corrected chi connectivity index (χ3v) is 4.75. The van der Waals surface area contributed by atoms with E-state index in [0.717, 1.165) is 28.1 Å². The van der Waals surface area contributed by atoms with Crippen LogP contribution in [0.3, 0.4) is 0 Å². The lowest BCUT2D eigenvalue weighted by Gasteiger charge is -2.15. The first kappa shape index (κ1) is 21.5. The lowest BCUT2D eigenvalue weighted by Crippen LogP contribution is -2.44. The average Bonchev–Trinajstić information content (AvgIpc) is 2.88. The highest BCUT2D eigenvalue weighted by molar-refractivity contribution is 5.82. The monoisotopic (exact) mass is 386 g/mol. The Morgan fingerprint density at radius 1 is 1.14 bits per heavy atom. The van der Waals surface area contributed by atoms with E-state index in [2.05, 4.69) is 29.8 Å². The first-order chi connectivity index (χ1) is 13.2. The normalized spacial score (nSPS) is 10.8. The SMILES string of the molecule is Cc1ccc(C(C)C)c(OCC(=O)NNC(=O)CCc2c(C)nn(C)c2C)c1. The summed E-state index contributed by atoms with van der Waals surface area (Å²) in [5.41, 5.74) is 9.98.